The molecule has 10 heteroatoms. The number of hydrogen-bond acceptors (Lipinski definition) is 6. The molecule has 1 aliphatic rings. The van der Waals surface area contributed by atoms with Crippen LogP contribution in [0.2, 0.25) is 0 Å². The molecular formula is C18H30ClN3O5S. The molecule has 0 atom stereocenters. The number of sulfonamides is 1. The number of halogens is 1. The maximum atomic E-state index is 12.5. The molecular weight excluding hydrogens is 406 g/mol. The summed E-state index contributed by atoms with van der Waals surface area (Å²) >= 11 is 0. The summed E-state index contributed by atoms with van der Waals surface area (Å²) in [5.41, 5.74) is 5.50. The van der Waals surface area contributed by atoms with Crippen LogP contribution in [0.15, 0.2) is 23.1 Å². The van der Waals surface area contributed by atoms with E-state index < -0.39 is 10.0 Å². The number of nitrogens with zero attached hydrogens (tertiary/aromatic N) is 1. The van der Waals surface area contributed by atoms with E-state index in [0.717, 1.165) is 6.42 Å². The molecule has 1 amide bonds. The SMILES string of the molecule is CN(CC(C)(C)CN)C(=O)CCNS(=O)(=O)c1ccc2c(c1)OCCCO2.Cl. The number of rotatable bonds is 8. The molecule has 1 aromatic rings. The lowest BCUT2D eigenvalue weighted by molar-refractivity contribution is -0.130. The Kier molecular flexibility index (Phi) is 9.00. The Hall–Kier alpha value is -1.55. The van der Waals surface area contributed by atoms with E-state index in [0.29, 0.717) is 37.8 Å². The van der Waals surface area contributed by atoms with Crippen molar-refractivity contribution in [2.24, 2.45) is 11.1 Å². The van der Waals surface area contributed by atoms with Crippen LogP contribution in [-0.2, 0) is 14.8 Å². The van der Waals surface area contributed by atoms with E-state index in [1.807, 2.05) is 13.8 Å². The quantitative estimate of drug-likeness (QED) is 0.638. The van der Waals surface area contributed by atoms with Gasteiger partial charge < -0.3 is 20.1 Å². The lowest BCUT2D eigenvalue weighted by Crippen LogP contribution is -2.40. The maximum Gasteiger partial charge on any atom is 0.240 e. The number of nitrogens with two attached hydrogens (primary N) is 1. The minimum absolute atomic E-state index is 0. The average Bonchev–Trinajstić information content (AvgIpc) is 2.85. The summed E-state index contributed by atoms with van der Waals surface area (Å²) in [6, 6.07) is 4.50. The van der Waals surface area contributed by atoms with E-state index >= 15 is 0 Å². The van der Waals surface area contributed by atoms with Crippen molar-refractivity contribution in [3.63, 3.8) is 0 Å². The minimum Gasteiger partial charge on any atom is -0.490 e. The fourth-order valence-corrected chi connectivity index (χ4v) is 3.72. The molecule has 0 bridgehead atoms. The second-order valence-corrected chi connectivity index (χ2v) is 9.19. The molecule has 0 aliphatic carbocycles. The van der Waals surface area contributed by atoms with Crippen LogP contribution in [-0.4, -0.2) is 59.1 Å². The molecule has 0 radical (unpaired) electrons. The fraction of sp³-hybridized carbons (Fsp3) is 0.611. The Morgan fingerprint density at radius 1 is 1.25 bits per heavy atom. The number of carbonyl (C=O) groups is 1. The average molecular weight is 436 g/mol. The van der Waals surface area contributed by atoms with Gasteiger partial charge in [-0.15, -0.1) is 12.4 Å². The lowest BCUT2D eigenvalue weighted by atomic mass is 9.93. The smallest absolute Gasteiger partial charge is 0.240 e. The molecule has 0 saturated carbocycles. The van der Waals surface area contributed by atoms with E-state index in [1.54, 1.807) is 18.0 Å². The Labute approximate surface area is 173 Å². The second-order valence-electron chi connectivity index (χ2n) is 7.42. The van der Waals surface area contributed by atoms with Crippen molar-refractivity contribution in [2.45, 2.75) is 31.6 Å². The van der Waals surface area contributed by atoms with Gasteiger partial charge >= 0.3 is 0 Å². The van der Waals surface area contributed by atoms with Gasteiger partial charge in [-0.1, -0.05) is 13.8 Å². The van der Waals surface area contributed by atoms with Crippen molar-refractivity contribution in [3.8, 4) is 11.5 Å². The van der Waals surface area contributed by atoms with Crippen molar-refractivity contribution in [3.05, 3.63) is 18.2 Å². The van der Waals surface area contributed by atoms with E-state index in [-0.39, 0.29) is 41.6 Å². The molecule has 2 rings (SSSR count). The largest absolute Gasteiger partial charge is 0.490 e. The summed E-state index contributed by atoms with van der Waals surface area (Å²) in [6.45, 7) is 5.95. The number of ether oxygens (including phenoxy) is 2. The maximum absolute atomic E-state index is 12.5. The van der Waals surface area contributed by atoms with Gasteiger partial charge in [0.25, 0.3) is 0 Å². The molecule has 1 aromatic carbocycles. The van der Waals surface area contributed by atoms with Crippen LogP contribution in [0.4, 0.5) is 0 Å². The van der Waals surface area contributed by atoms with Crippen LogP contribution in [0.5, 0.6) is 11.5 Å². The molecule has 160 valence electrons. The number of fused-ring (bicyclic) bond motifs is 1. The van der Waals surface area contributed by atoms with Crippen LogP contribution in [0.1, 0.15) is 26.7 Å². The van der Waals surface area contributed by atoms with E-state index in [4.69, 9.17) is 15.2 Å². The Morgan fingerprint density at radius 3 is 2.54 bits per heavy atom. The Bertz CT molecular complexity index is 770. The monoisotopic (exact) mass is 435 g/mol. The Morgan fingerprint density at radius 2 is 1.89 bits per heavy atom. The van der Waals surface area contributed by atoms with E-state index in [1.165, 1.54) is 12.1 Å². The van der Waals surface area contributed by atoms with Gasteiger partial charge in [-0.25, -0.2) is 13.1 Å². The number of nitrogens with one attached hydrogen (secondary N) is 1. The van der Waals surface area contributed by atoms with Gasteiger partial charge in [-0.2, -0.15) is 0 Å². The topological polar surface area (TPSA) is 111 Å². The van der Waals surface area contributed by atoms with Gasteiger partial charge in [0.05, 0.1) is 18.1 Å². The molecule has 1 aliphatic heterocycles. The number of carbonyl (C=O) groups excluding carboxylic acids is 1. The van der Waals surface area contributed by atoms with Crippen molar-refractivity contribution < 1.29 is 22.7 Å². The molecule has 3 N–H and O–H groups in total. The highest BCUT2D eigenvalue weighted by atomic mass is 35.5. The predicted octanol–water partition coefficient (Wildman–Crippen LogP) is 1.38. The second kappa shape index (κ2) is 10.3. The van der Waals surface area contributed by atoms with Crippen molar-refractivity contribution in [1.82, 2.24) is 9.62 Å². The third kappa shape index (κ3) is 6.80. The summed E-state index contributed by atoms with van der Waals surface area (Å²) in [5, 5.41) is 0. The zero-order valence-electron chi connectivity index (χ0n) is 16.6. The Balaban J connectivity index is 0.00000392. The normalized spacial score (nSPS) is 14.0. The van der Waals surface area contributed by atoms with Crippen LogP contribution in [0.25, 0.3) is 0 Å². The standard InChI is InChI=1S/C18H29N3O5S.ClH/c1-18(2,12-19)13-21(3)17(22)7-8-20-27(23,24)14-5-6-15-16(11-14)26-10-4-9-25-15;/h5-6,11,20H,4,7-10,12-13,19H2,1-3H3;1H. The predicted molar refractivity (Wildman–Crippen MR) is 110 cm³/mol. The highest BCUT2D eigenvalue weighted by molar-refractivity contribution is 7.89. The molecule has 8 nitrogen and oxygen atoms in total. The first-order valence-electron chi connectivity index (χ1n) is 8.98. The van der Waals surface area contributed by atoms with Crippen molar-refractivity contribution >= 4 is 28.3 Å². The first kappa shape index (κ1) is 24.5. The molecule has 28 heavy (non-hydrogen) atoms. The summed E-state index contributed by atoms with van der Waals surface area (Å²) in [6.07, 6.45) is 0.812. The fourth-order valence-electron chi connectivity index (χ4n) is 2.67. The third-order valence-corrected chi connectivity index (χ3v) is 5.76. The number of hydrogen-bond donors (Lipinski definition) is 2. The number of amides is 1. The zero-order valence-corrected chi connectivity index (χ0v) is 18.2. The van der Waals surface area contributed by atoms with Crippen LogP contribution >= 0.6 is 12.4 Å². The van der Waals surface area contributed by atoms with Gasteiger partial charge in [0, 0.05) is 39.0 Å². The van der Waals surface area contributed by atoms with Crippen molar-refractivity contribution in [2.75, 3.05) is 39.9 Å². The van der Waals surface area contributed by atoms with Gasteiger partial charge in [-0.3, -0.25) is 4.79 Å². The van der Waals surface area contributed by atoms with Gasteiger partial charge in [0.1, 0.15) is 0 Å². The minimum atomic E-state index is -3.74. The van der Waals surface area contributed by atoms with Gasteiger partial charge in [0.15, 0.2) is 11.5 Å². The summed E-state index contributed by atoms with van der Waals surface area (Å²) < 4.78 is 38.5. The molecule has 0 aromatic heterocycles. The van der Waals surface area contributed by atoms with Gasteiger partial charge in [0.2, 0.25) is 15.9 Å². The molecule has 0 spiro atoms. The summed E-state index contributed by atoms with van der Waals surface area (Å²) in [5.74, 6) is 0.804. The highest BCUT2D eigenvalue weighted by Gasteiger charge is 2.22. The van der Waals surface area contributed by atoms with E-state index in [2.05, 4.69) is 4.72 Å². The third-order valence-electron chi connectivity index (χ3n) is 4.30. The summed E-state index contributed by atoms with van der Waals surface area (Å²) in [7, 11) is -2.05. The van der Waals surface area contributed by atoms with Crippen LogP contribution < -0.4 is 19.9 Å². The van der Waals surface area contributed by atoms with E-state index in [9.17, 15) is 13.2 Å². The van der Waals surface area contributed by atoms with Gasteiger partial charge in [-0.05, 0) is 24.1 Å². The first-order chi connectivity index (χ1) is 12.6. The summed E-state index contributed by atoms with van der Waals surface area (Å²) in [4.78, 5) is 13.9. The van der Waals surface area contributed by atoms with Crippen LogP contribution in [0.3, 0.4) is 0 Å². The molecule has 0 unspecified atom stereocenters. The zero-order chi connectivity index (χ0) is 20.1. The molecule has 1 heterocycles. The molecule has 0 fully saturated rings. The number of benzene rings is 1. The van der Waals surface area contributed by atoms with Crippen LogP contribution in [0, 0.1) is 5.41 Å². The molecule has 0 saturated heterocycles. The first-order valence-corrected chi connectivity index (χ1v) is 10.5. The van der Waals surface area contributed by atoms with Crippen molar-refractivity contribution in [1.29, 1.82) is 0 Å². The lowest BCUT2D eigenvalue weighted by Gasteiger charge is -2.29. The highest BCUT2D eigenvalue weighted by Crippen LogP contribution is 2.31.